The van der Waals surface area contributed by atoms with Crippen molar-refractivity contribution in [3.05, 3.63) is 24.4 Å². The first-order valence-electron chi connectivity index (χ1n) is 7.24. The third-order valence-corrected chi connectivity index (χ3v) is 4.10. The average Bonchev–Trinajstić information content (AvgIpc) is 2.47. The zero-order valence-electron chi connectivity index (χ0n) is 11.8. The molecule has 4 heteroatoms. The summed E-state index contributed by atoms with van der Waals surface area (Å²) in [6, 6.07) is 6.12. The van der Waals surface area contributed by atoms with Crippen molar-refractivity contribution in [1.29, 1.82) is 0 Å². The smallest absolute Gasteiger partial charge is 0.128 e. The van der Waals surface area contributed by atoms with Crippen molar-refractivity contribution in [3.63, 3.8) is 0 Å². The Kier molecular flexibility index (Phi) is 5.93. The number of hydrogen-bond donors (Lipinski definition) is 0. The standard InChI is InChI=1S/C15H24ClN3/c1-14(5-7-16)6-9-18-10-12-19(13-11-18)15-4-2-3-8-17-15/h2-4,8,14H,5-7,9-13H2,1H3. The van der Waals surface area contributed by atoms with Crippen molar-refractivity contribution in [2.45, 2.75) is 19.8 Å². The Labute approximate surface area is 121 Å². The first-order valence-corrected chi connectivity index (χ1v) is 7.77. The molecule has 2 rings (SSSR count). The summed E-state index contributed by atoms with van der Waals surface area (Å²) < 4.78 is 0. The van der Waals surface area contributed by atoms with E-state index in [0.717, 1.165) is 50.2 Å². The van der Waals surface area contributed by atoms with Gasteiger partial charge in [-0.1, -0.05) is 13.0 Å². The Morgan fingerprint density at radius 1 is 1.21 bits per heavy atom. The molecule has 1 aromatic heterocycles. The second kappa shape index (κ2) is 7.71. The lowest BCUT2D eigenvalue weighted by Crippen LogP contribution is -2.47. The lowest BCUT2D eigenvalue weighted by molar-refractivity contribution is 0.239. The lowest BCUT2D eigenvalue weighted by atomic mass is 10.0. The number of anilines is 1. The molecule has 1 aliphatic heterocycles. The van der Waals surface area contributed by atoms with Crippen molar-refractivity contribution in [2.75, 3.05) is 43.5 Å². The van der Waals surface area contributed by atoms with E-state index in [9.17, 15) is 0 Å². The highest BCUT2D eigenvalue weighted by Gasteiger charge is 2.17. The van der Waals surface area contributed by atoms with Crippen LogP contribution in [0.15, 0.2) is 24.4 Å². The lowest BCUT2D eigenvalue weighted by Gasteiger charge is -2.35. The van der Waals surface area contributed by atoms with Gasteiger partial charge in [0.2, 0.25) is 0 Å². The van der Waals surface area contributed by atoms with Crippen LogP contribution in [0.1, 0.15) is 19.8 Å². The van der Waals surface area contributed by atoms with Gasteiger partial charge in [0.25, 0.3) is 0 Å². The van der Waals surface area contributed by atoms with Crippen molar-refractivity contribution in [1.82, 2.24) is 9.88 Å². The van der Waals surface area contributed by atoms with Gasteiger partial charge in [-0.25, -0.2) is 4.98 Å². The molecule has 0 radical (unpaired) electrons. The van der Waals surface area contributed by atoms with Crippen LogP contribution in [0.25, 0.3) is 0 Å². The van der Waals surface area contributed by atoms with Crippen LogP contribution in [-0.4, -0.2) is 48.5 Å². The summed E-state index contributed by atoms with van der Waals surface area (Å²) in [5.41, 5.74) is 0. The molecule has 0 aromatic carbocycles. The molecule has 1 atom stereocenters. The minimum absolute atomic E-state index is 0.742. The largest absolute Gasteiger partial charge is 0.354 e. The van der Waals surface area contributed by atoms with Crippen molar-refractivity contribution < 1.29 is 0 Å². The van der Waals surface area contributed by atoms with Gasteiger partial charge in [-0.2, -0.15) is 0 Å². The summed E-state index contributed by atoms with van der Waals surface area (Å²) >= 11 is 5.78. The highest BCUT2D eigenvalue weighted by atomic mass is 35.5. The van der Waals surface area contributed by atoms with Crippen molar-refractivity contribution >= 4 is 17.4 Å². The first-order chi connectivity index (χ1) is 9.29. The quantitative estimate of drug-likeness (QED) is 0.748. The van der Waals surface area contributed by atoms with Gasteiger partial charge in [0.15, 0.2) is 0 Å². The molecular weight excluding hydrogens is 258 g/mol. The number of alkyl halides is 1. The molecule has 2 heterocycles. The van der Waals surface area contributed by atoms with E-state index in [1.54, 1.807) is 0 Å². The van der Waals surface area contributed by atoms with Gasteiger partial charge in [0, 0.05) is 38.3 Å². The van der Waals surface area contributed by atoms with E-state index >= 15 is 0 Å². The van der Waals surface area contributed by atoms with E-state index < -0.39 is 0 Å². The Morgan fingerprint density at radius 2 is 2.00 bits per heavy atom. The van der Waals surface area contributed by atoms with Crippen LogP contribution in [0.5, 0.6) is 0 Å². The molecule has 1 aromatic rings. The SMILES string of the molecule is CC(CCCl)CCN1CCN(c2ccccn2)CC1. The van der Waals surface area contributed by atoms with E-state index in [4.69, 9.17) is 11.6 Å². The molecule has 0 N–H and O–H groups in total. The van der Waals surface area contributed by atoms with E-state index in [1.807, 2.05) is 12.3 Å². The van der Waals surface area contributed by atoms with Crippen LogP contribution < -0.4 is 4.90 Å². The average molecular weight is 282 g/mol. The fourth-order valence-electron chi connectivity index (χ4n) is 2.47. The van der Waals surface area contributed by atoms with Crippen molar-refractivity contribution in [2.24, 2.45) is 5.92 Å². The maximum atomic E-state index is 5.78. The molecule has 0 saturated carbocycles. The highest BCUT2D eigenvalue weighted by molar-refractivity contribution is 6.17. The molecule has 1 saturated heterocycles. The molecule has 0 spiro atoms. The monoisotopic (exact) mass is 281 g/mol. The van der Waals surface area contributed by atoms with Gasteiger partial charge in [-0.05, 0) is 37.4 Å². The third kappa shape index (κ3) is 4.66. The third-order valence-electron chi connectivity index (χ3n) is 3.89. The van der Waals surface area contributed by atoms with Crippen LogP contribution in [0.2, 0.25) is 0 Å². The first kappa shape index (κ1) is 14.6. The van der Waals surface area contributed by atoms with E-state index in [2.05, 4.69) is 33.8 Å². The van der Waals surface area contributed by atoms with E-state index in [0.29, 0.717) is 0 Å². The van der Waals surface area contributed by atoms with Gasteiger partial charge in [0.05, 0.1) is 0 Å². The van der Waals surface area contributed by atoms with Gasteiger partial charge in [0.1, 0.15) is 5.82 Å². The molecule has 106 valence electrons. The fourth-order valence-corrected chi connectivity index (χ4v) is 2.85. The Balaban J connectivity index is 1.71. The van der Waals surface area contributed by atoms with Gasteiger partial charge in [-0.15, -0.1) is 11.6 Å². The Morgan fingerprint density at radius 3 is 2.63 bits per heavy atom. The minimum atomic E-state index is 0.742. The summed E-state index contributed by atoms with van der Waals surface area (Å²) in [5, 5.41) is 0. The van der Waals surface area contributed by atoms with Crippen LogP contribution in [-0.2, 0) is 0 Å². The Bertz CT molecular complexity index is 350. The van der Waals surface area contributed by atoms with E-state index in [1.165, 1.54) is 13.0 Å². The van der Waals surface area contributed by atoms with Gasteiger partial charge in [-0.3, -0.25) is 4.90 Å². The van der Waals surface area contributed by atoms with E-state index in [-0.39, 0.29) is 0 Å². The predicted octanol–water partition coefficient (Wildman–Crippen LogP) is 2.86. The molecule has 0 bridgehead atoms. The maximum Gasteiger partial charge on any atom is 0.128 e. The second-order valence-electron chi connectivity index (χ2n) is 5.39. The van der Waals surface area contributed by atoms with Crippen LogP contribution in [0.4, 0.5) is 5.82 Å². The molecule has 19 heavy (non-hydrogen) atoms. The topological polar surface area (TPSA) is 19.4 Å². The number of piperazine rings is 1. The number of rotatable bonds is 6. The number of halogens is 1. The zero-order valence-corrected chi connectivity index (χ0v) is 12.5. The Hall–Kier alpha value is -0.800. The zero-order chi connectivity index (χ0) is 13.5. The summed E-state index contributed by atoms with van der Waals surface area (Å²) in [4.78, 5) is 9.35. The van der Waals surface area contributed by atoms with Crippen LogP contribution in [0.3, 0.4) is 0 Å². The predicted molar refractivity (Wildman–Crippen MR) is 82.0 cm³/mol. The number of hydrogen-bond acceptors (Lipinski definition) is 3. The summed E-state index contributed by atoms with van der Waals surface area (Å²) in [6.07, 6.45) is 4.27. The summed E-state index contributed by atoms with van der Waals surface area (Å²) in [7, 11) is 0. The number of aromatic nitrogens is 1. The van der Waals surface area contributed by atoms with Crippen molar-refractivity contribution in [3.8, 4) is 0 Å². The van der Waals surface area contributed by atoms with Gasteiger partial charge < -0.3 is 4.90 Å². The molecule has 1 fully saturated rings. The van der Waals surface area contributed by atoms with Gasteiger partial charge >= 0.3 is 0 Å². The second-order valence-corrected chi connectivity index (χ2v) is 5.77. The molecule has 0 amide bonds. The summed E-state index contributed by atoms with van der Waals surface area (Å²) in [5.74, 6) is 2.64. The van der Waals surface area contributed by atoms with Crippen LogP contribution in [0, 0.1) is 5.92 Å². The number of nitrogens with zero attached hydrogens (tertiary/aromatic N) is 3. The maximum absolute atomic E-state index is 5.78. The molecule has 0 aliphatic carbocycles. The normalized spacial score (nSPS) is 18.5. The highest BCUT2D eigenvalue weighted by Crippen LogP contribution is 2.14. The molecule has 3 nitrogen and oxygen atoms in total. The van der Waals surface area contributed by atoms with Crippen LogP contribution >= 0.6 is 11.6 Å². The summed E-state index contributed by atoms with van der Waals surface area (Å²) in [6.45, 7) is 7.96. The molecule has 1 unspecified atom stereocenters. The molecular formula is C15H24ClN3. The molecule has 1 aliphatic rings. The fraction of sp³-hybridized carbons (Fsp3) is 0.667. The minimum Gasteiger partial charge on any atom is -0.354 e. The number of pyridine rings is 1.